The molecule has 0 aliphatic heterocycles. The van der Waals surface area contributed by atoms with Crippen LogP contribution in [-0.2, 0) is 22.9 Å². The summed E-state index contributed by atoms with van der Waals surface area (Å²) in [6.45, 7) is 5.72. The number of rotatable bonds is 7. The second-order valence-corrected chi connectivity index (χ2v) is 6.64. The summed E-state index contributed by atoms with van der Waals surface area (Å²) in [5.41, 5.74) is 2.05. The van der Waals surface area contributed by atoms with Crippen LogP contribution in [0.2, 0.25) is 0 Å². The van der Waals surface area contributed by atoms with E-state index >= 15 is 0 Å². The molecule has 0 aliphatic rings. The number of sulfonamides is 1. The van der Waals surface area contributed by atoms with E-state index in [2.05, 4.69) is 6.58 Å². The first kappa shape index (κ1) is 14.4. The first-order chi connectivity index (χ1) is 8.00. The highest BCUT2D eigenvalue weighted by Crippen LogP contribution is 2.28. The fourth-order valence-electron chi connectivity index (χ4n) is 1.80. The standard InChI is InChI=1S/C12H19NO2S2/c1-3-5-6-8-10-9-16-12(17(13,14)15)11(10)7-4-2/h3,9H,1,4-8H2,2H3,(H2,13,14,15). The molecule has 0 aromatic carbocycles. The Kier molecular flexibility index (Phi) is 5.36. The quantitative estimate of drug-likeness (QED) is 0.613. The van der Waals surface area contributed by atoms with Gasteiger partial charge in [0.2, 0.25) is 10.0 Å². The van der Waals surface area contributed by atoms with Gasteiger partial charge in [0.1, 0.15) is 4.21 Å². The molecule has 5 heteroatoms. The van der Waals surface area contributed by atoms with Gasteiger partial charge in [-0.1, -0.05) is 19.4 Å². The third kappa shape index (κ3) is 3.94. The lowest BCUT2D eigenvalue weighted by atomic mass is 10.0. The van der Waals surface area contributed by atoms with E-state index in [1.165, 1.54) is 11.3 Å². The van der Waals surface area contributed by atoms with Crippen LogP contribution in [0.5, 0.6) is 0 Å². The minimum atomic E-state index is -3.57. The van der Waals surface area contributed by atoms with Crippen molar-refractivity contribution in [2.45, 2.75) is 43.2 Å². The van der Waals surface area contributed by atoms with Crippen molar-refractivity contribution >= 4 is 21.4 Å². The summed E-state index contributed by atoms with van der Waals surface area (Å²) < 4.78 is 23.2. The van der Waals surface area contributed by atoms with Gasteiger partial charge in [0.25, 0.3) is 0 Å². The lowest BCUT2D eigenvalue weighted by molar-refractivity contribution is 0.598. The van der Waals surface area contributed by atoms with Crippen molar-refractivity contribution in [3.8, 4) is 0 Å². The largest absolute Gasteiger partial charge is 0.247 e. The molecular weight excluding hydrogens is 254 g/mol. The number of primary sulfonamides is 1. The summed E-state index contributed by atoms with van der Waals surface area (Å²) in [6.07, 6.45) is 6.43. The zero-order valence-corrected chi connectivity index (χ0v) is 11.7. The second kappa shape index (κ2) is 6.33. The molecule has 0 spiro atoms. The summed E-state index contributed by atoms with van der Waals surface area (Å²) in [7, 11) is -3.57. The van der Waals surface area contributed by atoms with Crippen LogP contribution in [0.15, 0.2) is 22.2 Å². The van der Waals surface area contributed by atoms with Crippen molar-refractivity contribution in [1.29, 1.82) is 0 Å². The van der Waals surface area contributed by atoms with E-state index in [9.17, 15) is 8.42 Å². The number of unbranched alkanes of at least 4 members (excludes halogenated alkanes) is 1. The Morgan fingerprint density at radius 2 is 2.18 bits per heavy atom. The Bertz CT molecular complexity index is 475. The average molecular weight is 273 g/mol. The molecule has 2 N–H and O–H groups in total. The van der Waals surface area contributed by atoms with Crippen LogP contribution in [0.1, 0.15) is 37.3 Å². The maximum Gasteiger partial charge on any atom is 0.247 e. The van der Waals surface area contributed by atoms with E-state index < -0.39 is 10.0 Å². The number of thiophene rings is 1. The predicted octanol–water partition coefficient (Wildman–Crippen LogP) is 2.86. The molecule has 0 aliphatic carbocycles. The van der Waals surface area contributed by atoms with Gasteiger partial charge >= 0.3 is 0 Å². The second-order valence-electron chi connectivity index (χ2n) is 4.00. The van der Waals surface area contributed by atoms with E-state index in [0.29, 0.717) is 4.21 Å². The Hall–Kier alpha value is -0.650. The minimum absolute atomic E-state index is 0.341. The van der Waals surface area contributed by atoms with Crippen LogP contribution in [0.25, 0.3) is 0 Å². The maximum absolute atomic E-state index is 11.4. The molecule has 96 valence electrons. The smallest absolute Gasteiger partial charge is 0.224 e. The third-order valence-corrected chi connectivity index (χ3v) is 5.17. The Morgan fingerprint density at radius 3 is 2.71 bits per heavy atom. The van der Waals surface area contributed by atoms with Gasteiger partial charge in [0.15, 0.2) is 0 Å². The number of aryl methyl sites for hydroxylation is 1. The fourth-order valence-corrected chi connectivity index (χ4v) is 3.94. The van der Waals surface area contributed by atoms with Gasteiger partial charge < -0.3 is 0 Å². The SMILES string of the molecule is C=CCCCc1csc(S(N)(=O)=O)c1CCC. The fraction of sp³-hybridized carbons (Fsp3) is 0.500. The molecule has 0 bridgehead atoms. The van der Waals surface area contributed by atoms with Gasteiger partial charge in [-0.25, -0.2) is 13.6 Å². The molecule has 1 heterocycles. The van der Waals surface area contributed by atoms with Crippen LogP contribution < -0.4 is 5.14 Å². The van der Waals surface area contributed by atoms with E-state index in [1.54, 1.807) is 0 Å². The minimum Gasteiger partial charge on any atom is -0.224 e. The predicted molar refractivity (Wildman–Crippen MR) is 72.8 cm³/mol. The number of hydrogen-bond acceptors (Lipinski definition) is 3. The molecule has 1 aromatic heterocycles. The van der Waals surface area contributed by atoms with E-state index in [4.69, 9.17) is 5.14 Å². The first-order valence-corrected chi connectivity index (χ1v) is 8.16. The van der Waals surface area contributed by atoms with Crippen LogP contribution in [0.4, 0.5) is 0 Å². The van der Waals surface area contributed by atoms with E-state index in [1.807, 2.05) is 18.4 Å². The van der Waals surface area contributed by atoms with Crippen molar-refractivity contribution in [2.75, 3.05) is 0 Å². The first-order valence-electron chi connectivity index (χ1n) is 5.73. The Labute approximate surface area is 107 Å². The van der Waals surface area contributed by atoms with Gasteiger partial charge in [0.05, 0.1) is 0 Å². The van der Waals surface area contributed by atoms with Crippen LogP contribution >= 0.6 is 11.3 Å². The highest BCUT2D eigenvalue weighted by molar-refractivity contribution is 7.91. The number of allylic oxidation sites excluding steroid dienone is 1. The Balaban J connectivity index is 2.98. The zero-order valence-electron chi connectivity index (χ0n) is 10.1. The van der Waals surface area contributed by atoms with Gasteiger partial charge in [-0.15, -0.1) is 17.9 Å². The average Bonchev–Trinajstić information content (AvgIpc) is 2.62. The molecule has 0 unspecified atom stereocenters. The molecule has 0 saturated carbocycles. The lowest BCUT2D eigenvalue weighted by Crippen LogP contribution is -2.12. The third-order valence-electron chi connectivity index (χ3n) is 2.56. The molecule has 3 nitrogen and oxygen atoms in total. The van der Waals surface area contributed by atoms with Crippen molar-refractivity contribution < 1.29 is 8.42 Å². The Morgan fingerprint density at radius 1 is 1.47 bits per heavy atom. The maximum atomic E-state index is 11.4. The summed E-state index contributed by atoms with van der Waals surface area (Å²) in [4.78, 5) is 0. The van der Waals surface area contributed by atoms with Crippen molar-refractivity contribution in [3.63, 3.8) is 0 Å². The van der Waals surface area contributed by atoms with Gasteiger partial charge in [-0.2, -0.15) is 0 Å². The van der Waals surface area contributed by atoms with Crippen molar-refractivity contribution in [2.24, 2.45) is 5.14 Å². The van der Waals surface area contributed by atoms with E-state index in [0.717, 1.165) is 43.2 Å². The summed E-state index contributed by atoms with van der Waals surface area (Å²) in [5, 5.41) is 7.15. The van der Waals surface area contributed by atoms with Crippen molar-refractivity contribution in [1.82, 2.24) is 0 Å². The zero-order chi connectivity index (χ0) is 12.9. The summed E-state index contributed by atoms with van der Waals surface area (Å²) >= 11 is 1.24. The highest BCUT2D eigenvalue weighted by Gasteiger charge is 2.18. The summed E-state index contributed by atoms with van der Waals surface area (Å²) in [5.74, 6) is 0. The van der Waals surface area contributed by atoms with Gasteiger partial charge in [-0.3, -0.25) is 0 Å². The lowest BCUT2D eigenvalue weighted by Gasteiger charge is -2.04. The van der Waals surface area contributed by atoms with Gasteiger partial charge in [-0.05, 0) is 42.2 Å². The monoisotopic (exact) mass is 273 g/mol. The summed E-state index contributed by atoms with van der Waals surface area (Å²) in [6, 6.07) is 0. The molecule has 0 fully saturated rings. The van der Waals surface area contributed by atoms with Crippen LogP contribution in [-0.4, -0.2) is 8.42 Å². The molecule has 0 saturated heterocycles. The molecule has 1 rings (SSSR count). The molecule has 17 heavy (non-hydrogen) atoms. The van der Waals surface area contributed by atoms with Crippen molar-refractivity contribution in [3.05, 3.63) is 29.2 Å². The van der Waals surface area contributed by atoms with Crippen LogP contribution in [0.3, 0.4) is 0 Å². The number of nitrogens with two attached hydrogens (primary N) is 1. The van der Waals surface area contributed by atoms with Crippen LogP contribution in [0, 0.1) is 0 Å². The molecule has 0 atom stereocenters. The van der Waals surface area contributed by atoms with Gasteiger partial charge in [0, 0.05) is 0 Å². The highest BCUT2D eigenvalue weighted by atomic mass is 32.2. The number of hydrogen-bond donors (Lipinski definition) is 1. The molecule has 0 radical (unpaired) electrons. The molecule has 1 aromatic rings. The molecular formula is C12H19NO2S2. The molecule has 0 amide bonds. The normalized spacial score (nSPS) is 11.6. The topological polar surface area (TPSA) is 60.2 Å². The van der Waals surface area contributed by atoms with E-state index in [-0.39, 0.29) is 0 Å².